The summed E-state index contributed by atoms with van der Waals surface area (Å²) in [5.41, 5.74) is 3.22. The molecule has 19 heavy (non-hydrogen) atoms. The Bertz CT molecular complexity index is 602. The van der Waals surface area contributed by atoms with Crippen LogP contribution < -0.4 is 0 Å². The molecule has 0 fully saturated rings. The number of rotatable bonds is 3. The van der Waals surface area contributed by atoms with Crippen molar-refractivity contribution in [2.75, 3.05) is 7.11 Å². The van der Waals surface area contributed by atoms with Crippen molar-refractivity contribution in [2.45, 2.75) is 26.8 Å². The maximum absolute atomic E-state index is 11.5. The smallest absolute Gasteiger partial charge is 0.356 e. The Morgan fingerprint density at radius 1 is 1.37 bits per heavy atom. The zero-order chi connectivity index (χ0) is 14.0. The van der Waals surface area contributed by atoms with Crippen molar-refractivity contribution >= 4 is 5.97 Å². The molecule has 0 aromatic carbocycles. The van der Waals surface area contributed by atoms with E-state index in [9.17, 15) is 4.79 Å². The van der Waals surface area contributed by atoms with Gasteiger partial charge in [-0.1, -0.05) is 0 Å². The summed E-state index contributed by atoms with van der Waals surface area (Å²) in [4.78, 5) is 15.6. The van der Waals surface area contributed by atoms with E-state index in [1.54, 1.807) is 18.5 Å². The Morgan fingerprint density at radius 3 is 2.68 bits per heavy atom. The average molecular weight is 259 g/mol. The van der Waals surface area contributed by atoms with Gasteiger partial charge in [0.2, 0.25) is 0 Å². The van der Waals surface area contributed by atoms with Crippen molar-refractivity contribution in [2.24, 2.45) is 0 Å². The number of ether oxygens (including phenoxy) is 1. The molecular weight excluding hydrogens is 242 g/mol. The van der Waals surface area contributed by atoms with Crippen LogP contribution in [0.2, 0.25) is 0 Å². The van der Waals surface area contributed by atoms with Gasteiger partial charge in [-0.05, 0) is 38.0 Å². The van der Waals surface area contributed by atoms with Gasteiger partial charge in [0.15, 0.2) is 0 Å². The van der Waals surface area contributed by atoms with Crippen LogP contribution in [0.1, 0.15) is 35.9 Å². The van der Waals surface area contributed by atoms with Crippen molar-refractivity contribution in [3.05, 3.63) is 35.9 Å². The summed E-state index contributed by atoms with van der Waals surface area (Å²) in [6, 6.07) is 2.04. The number of esters is 1. The Kier molecular flexibility index (Phi) is 3.64. The minimum Gasteiger partial charge on any atom is -0.464 e. The van der Waals surface area contributed by atoms with Crippen LogP contribution >= 0.6 is 0 Å². The molecule has 5 heteroatoms. The second-order valence-corrected chi connectivity index (χ2v) is 4.68. The van der Waals surface area contributed by atoms with Crippen LogP contribution in [0.5, 0.6) is 0 Å². The lowest BCUT2D eigenvalue weighted by Crippen LogP contribution is -2.04. The van der Waals surface area contributed by atoms with Crippen LogP contribution in [0.15, 0.2) is 24.7 Å². The van der Waals surface area contributed by atoms with Crippen molar-refractivity contribution in [1.29, 1.82) is 0 Å². The van der Waals surface area contributed by atoms with E-state index in [-0.39, 0.29) is 0 Å². The molecule has 0 unspecified atom stereocenters. The molecule has 0 saturated heterocycles. The molecule has 0 aliphatic rings. The number of pyridine rings is 1. The fourth-order valence-corrected chi connectivity index (χ4v) is 1.81. The largest absolute Gasteiger partial charge is 0.464 e. The minimum absolute atomic E-state index is 0.302. The molecule has 0 aliphatic heterocycles. The standard InChI is InChI=1S/C14H17N3O2/c1-9(2)17-8-11(7-16-17)12-5-13(14(18)19-4)15-6-10(12)3/h5-9H,1-4H3. The number of methoxy groups -OCH3 is 1. The summed E-state index contributed by atoms with van der Waals surface area (Å²) in [5.74, 6) is -0.433. The molecule has 2 rings (SSSR count). The van der Waals surface area contributed by atoms with Gasteiger partial charge >= 0.3 is 5.97 Å². The van der Waals surface area contributed by atoms with E-state index in [1.807, 2.05) is 17.8 Å². The molecule has 100 valence electrons. The number of carbonyl (C=O) groups is 1. The van der Waals surface area contributed by atoms with Gasteiger partial charge in [0.05, 0.1) is 13.3 Å². The number of hydrogen-bond acceptors (Lipinski definition) is 4. The highest BCUT2D eigenvalue weighted by Gasteiger charge is 2.12. The third-order valence-electron chi connectivity index (χ3n) is 2.94. The highest BCUT2D eigenvalue weighted by molar-refractivity contribution is 5.89. The molecular formula is C14H17N3O2. The first kappa shape index (κ1) is 13.3. The molecule has 0 bridgehead atoms. The van der Waals surface area contributed by atoms with Gasteiger partial charge in [0.25, 0.3) is 0 Å². The van der Waals surface area contributed by atoms with E-state index in [4.69, 9.17) is 0 Å². The van der Waals surface area contributed by atoms with Crippen LogP contribution in [0.25, 0.3) is 11.1 Å². The molecule has 0 radical (unpaired) electrons. The lowest BCUT2D eigenvalue weighted by atomic mass is 10.0. The third kappa shape index (κ3) is 2.65. The van der Waals surface area contributed by atoms with Gasteiger partial charge in [0.1, 0.15) is 5.69 Å². The second-order valence-electron chi connectivity index (χ2n) is 4.68. The maximum Gasteiger partial charge on any atom is 0.356 e. The summed E-state index contributed by atoms with van der Waals surface area (Å²) in [6.45, 7) is 6.09. The highest BCUT2D eigenvalue weighted by atomic mass is 16.5. The minimum atomic E-state index is -0.433. The van der Waals surface area contributed by atoms with Crippen molar-refractivity contribution in [3.8, 4) is 11.1 Å². The number of aryl methyl sites for hydroxylation is 1. The van der Waals surface area contributed by atoms with E-state index in [2.05, 4.69) is 28.7 Å². The molecule has 0 spiro atoms. The van der Waals surface area contributed by atoms with Gasteiger partial charge in [-0.15, -0.1) is 0 Å². The van der Waals surface area contributed by atoms with Crippen LogP contribution in [0.4, 0.5) is 0 Å². The van der Waals surface area contributed by atoms with Gasteiger partial charge in [-0.25, -0.2) is 9.78 Å². The normalized spacial score (nSPS) is 10.8. The maximum atomic E-state index is 11.5. The quantitative estimate of drug-likeness (QED) is 0.795. The predicted octanol–water partition coefficient (Wildman–Crippen LogP) is 2.62. The zero-order valence-corrected chi connectivity index (χ0v) is 11.5. The predicted molar refractivity (Wildman–Crippen MR) is 71.9 cm³/mol. The van der Waals surface area contributed by atoms with E-state index >= 15 is 0 Å². The van der Waals surface area contributed by atoms with Gasteiger partial charge < -0.3 is 4.74 Å². The summed E-state index contributed by atoms with van der Waals surface area (Å²) in [5, 5.41) is 4.31. The first-order valence-electron chi connectivity index (χ1n) is 6.12. The molecule has 2 aromatic rings. The van der Waals surface area contributed by atoms with E-state index in [0.29, 0.717) is 11.7 Å². The summed E-state index contributed by atoms with van der Waals surface area (Å²) < 4.78 is 6.57. The first-order chi connectivity index (χ1) is 9.02. The Morgan fingerprint density at radius 2 is 2.11 bits per heavy atom. The van der Waals surface area contributed by atoms with Crippen LogP contribution in [-0.2, 0) is 4.74 Å². The average Bonchev–Trinajstić information content (AvgIpc) is 2.88. The summed E-state index contributed by atoms with van der Waals surface area (Å²) in [6.07, 6.45) is 5.44. The molecule has 0 saturated carbocycles. The second kappa shape index (κ2) is 5.22. The van der Waals surface area contributed by atoms with Gasteiger partial charge in [-0.2, -0.15) is 5.10 Å². The van der Waals surface area contributed by atoms with Gasteiger partial charge in [0, 0.05) is 24.0 Å². The number of nitrogens with zero attached hydrogens (tertiary/aromatic N) is 3. The monoisotopic (exact) mass is 259 g/mol. The van der Waals surface area contributed by atoms with Crippen molar-refractivity contribution in [1.82, 2.24) is 14.8 Å². The molecule has 2 aromatic heterocycles. The van der Waals surface area contributed by atoms with Crippen LogP contribution in [-0.4, -0.2) is 27.8 Å². The molecule has 0 atom stereocenters. The molecule has 5 nitrogen and oxygen atoms in total. The summed E-state index contributed by atoms with van der Waals surface area (Å²) >= 11 is 0. The molecule has 0 aliphatic carbocycles. The first-order valence-corrected chi connectivity index (χ1v) is 6.12. The number of carbonyl (C=O) groups excluding carboxylic acids is 1. The molecule has 2 heterocycles. The third-order valence-corrected chi connectivity index (χ3v) is 2.94. The van der Waals surface area contributed by atoms with E-state index in [1.165, 1.54) is 7.11 Å². The van der Waals surface area contributed by atoms with Gasteiger partial charge in [-0.3, -0.25) is 4.68 Å². The molecule has 0 amide bonds. The van der Waals surface area contributed by atoms with Crippen molar-refractivity contribution < 1.29 is 9.53 Å². The van der Waals surface area contributed by atoms with Crippen LogP contribution in [0.3, 0.4) is 0 Å². The lowest BCUT2D eigenvalue weighted by Gasteiger charge is -2.06. The Balaban J connectivity index is 2.45. The Hall–Kier alpha value is -2.17. The Labute approximate surface area is 112 Å². The van der Waals surface area contributed by atoms with Crippen LogP contribution in [0, 0.1) is 6.92 Å². The molecule has 0 N–H and O–H groups in total. The fourth-order valence-electron chi connectivity index (χ4n) is 1.81. The topological polar surface area (TPSA) is 57.0 Å². The summed E-state index contributed by atoms with van der Waals surface area (Å²) in [7, 11) is 1.35. The lowest BCUT2D eigenvalue weighted by molar-refractivity contribution is 0.0594. The SMILES string of the molecule is COC(=O)c1cc(-c2cnn(C(C)C)c2)c(C)cn1. The van der Waals surface area contributed by atoms with E-state index in [0.717, 1.165) is 16.7 Å². The van der Waals surface area contributed by atoms with Crippen molar-refractivity contribution in [3.63, 3.8) is 0 Å². The number of hydrogen-bond donors (Lipinski definition) is 0. The fraction of sp³-hybridized carbons (Fsp3) is 0.357. The highest BCUT2D eigenvalue weighted by Crippen LogP contribution is 2.24. The zero-order valence-electron chi connectivity index (χ0n) is 11.5. The number of aromatic nitrogens is 3. The van der Waals surface area contributed by atoms with E-state index < -0.39 is 5.97 Å².